The molecule has 0 fully saturated rings. The first kappa shape index (κ1) is 15.2. The molecule has 1 aromatic carbocycles. The molecule has 0 aliphatic rings. The highest BCUT2D eigenvalue weighted by atomic mass is 19.4. The molecule has 0 saturated heterocycles. The smallest absolute Gasteiger partial charge is 0.394 e. The maximum absolute atomic E-state index is 13.7. The molecule has 0 aliphatic heterocycles. The number of aliphatic hydroxyl groups excluding tert-OH is 2. The zero-order chi connectivity index (χ0) is 14.6. The summed E-state index contributed by atoms with van der Waals surface area (Å²) in [6, 6.07) is 2.85. The molecule has 0 radical (unpaired) electrons. The number of anilines is 1. The van der Waals surface area contributed by atoms with Gasteiger partial charge in [-0.3, -0.25) is 0 Å². The van der Waals surface area contributed by atoms with Gasteiger partial charge in [-0.05, 0) is 12.1 Å². The molecular formula is C11H10F4N2O2. The van der Waals surface area contributed by atoms with Crippen molar-refractivity contribution in [3.8, 4) is 6.07 Å². The van der Waals surface area contributed by atoms with E-state index in [1.165, 1.54) is 0 Å². The number of alkyl halides is 3. The van der Waals surface area contributed by atoms with Crippen LogP contribution >= 0.6 is 0 Å². The van der Waals surface area contributed by atoms with Gasteiger partial charge in [0.25, 0.3) is 0 Å². The third-order valence-corrected chi connectivity index (χ3v) is 2.29. The fourth-order valence-corrected chi connectivity index (χ4v) is 1.35. The highest BCUT2D eigenvalue weighted by Crippen LogP contribution is 2.35. The van der Waals surface area contributed by atoms with E-state index in [0.29, 0.717) is 6.07 Å². The van der Waals surface area contributed by atoms with Gasteiger partial charge in [-0.1, -0.05) is 0 Å². The average Bonchev–Trinajstić information content (AvgIpc) is 2.34. The lowest BCUT2D eigenvalue weighted by atomic mass is 10.1. The molecule has 0 saturated carbocycles. The first-order valence-electron chi connectivity index (χ1n) is 5.13. The summed E-state index contributed by atoms with van der Waals surface area (Å²) in [6.07, 6.45) is -6.16. The van der Waals surface area contributed by atoms with E-state index in [-0.39, 0.29) is 12.1 Å². The molecule has 1 aromatic rings. The van der Waals surface area contributed by atoms with Crippen molar-refractivity contribution in [2.75, 3.05) is 18.5 Å². The van der Waals surface area contributed by atoms with Crippen LogP contribution in [0.15, 0.2) is 12.1 Å². The van der Waals surface area contributed by atoms with Gasteiger partial charge in [0, 0.05) is 6.54 Å². The average molecular weight is 278 g/mol. The van der Waals surface area contributed by atoms with Crippen LogP contribution in [0.4, 0.5) is 23.2 Å². The molecule has 0 aliphatic carbocycles. The summed E-state index contributed by atoms with van der Waals surface area (Å²) in [7, 11) is 0. The number of hydrogen-bond donors (Lipinski definition) is 3. The second-order valence-electron chi connectivity index (χ2n) is 3.68. The van der Waals surface area contributed by atoms with Crippen LogP contribution in [0.3, 0.4) is 0 Å². The summed E-state index contributed by atoms with van der Waals surface area (Å²) in [5.74, 6) is -1.61. The Kier molecular flexibility index (Phi) is 4.69. The summed E-state index contributed by atoms with van der Waals surface area (Å²) in [6.45, 7) is -1.03. The largest absolute Gasteiger partial charge is 0.419 e. The van der Waals surface area contributed by atoms with Crippen LogP contribution in [-0.4, -0.2) is 29.5 Å². The minimum Gasteiger partial charge on any atom is -0.394 e. The molecule has 0 spiro atoms. The molecule has 8 heteroatoms. The SMILES string of the molecule is N#Cc1ccc(C(F)(F)F)c(F)c1NCC(O)CO. The number of benzene rings is 1. The van der Waals surface area contributed by atoms with Crippen LogP contribution in [0, 0.1) is 17.1 Å². The van der Waals surface area contributed by atoms with Crippen molar-refractivity contribution >= 4 is 5.69 Å². The van der Waals surface area contributed by atoms with Gasteiger partial charge in [0.05, 0.1) is 29.5 Å². The lowest BCUT2D eigenvalue weighted by molar-refractivity contribution is -0.139. The van der Waals surface area contributed by atoms with E-state index in [2.05, 4.69) is 5.32 Å². The van der Waals surface area contributed by atoms with Crippen LogP contribution in [0.5, 0.6) is 0 Å². The van der Waals surface area contributed by atoms with E-state index in [1.807, 2.05) is 0 Å². The van der Waals surface area contributed by atoms with Crippen molar-refractivity contribution in [2.45, 2.75) is 12.3 Å². The molecule has 1 atom stereocenters. The number of nitrogens with one attached hydrogen (secondary N) is 1. The number of nitriles is 1. The lowest BCUT2D eigenvalue weighted by Gasteiger charge is -2.15. The van der Waals surface area contributed by atoms with Crippen molar-refractivity contribution in [2.24, 2.45) is 0 Å². The molecule has 4 nitrogen and oxygen atoms in total. The third-order valence-electron chi connectivity index (χ3n) is 2.29. The van der Waals surface area contributed by atoms with Crippen LogP contribution in [-0.2, 0) is 6.18 Å². The van der Waals surface area contributed by atoms with Gasteiger partial charge in [0.2, 0.25) is 0 Å². The van der Waals surface area contributed by atoms with E-state index in [4.69, 9.17) is 15.5 Å². The van der Waals surface area contributed by atoms with E-state index >= 15 is 0 Å². The minimum atomic E-state index is -4.88. The van der Waals surface area contributed by atoms with Gasteiger partial charge in [-0.15, -0.1) is 0 Å². The second-order valence-corrected chi connectivity index (χ2v) is 3.68. The topological polar surface area (TPSA) is 76.3 Å². The standard InChI is InChI=1S/C11H10F4N2O2/c12-9-8(11(13,14)15)2-1-6(3-16)10(9)17-4-7(19)5-18/h1-2,7,17-19H,4-5H2. The Labute approximate surface area is 105 Å². The zero-order valence-corrected chi connectivity index (χ0v) is 9.50. The molecule has 104 valence electrons. The normalized spacial score (nSPS) is 12.9. The Bertz CT molecular complexity index is 497. The fraction of sp³-hybridized carbons (Fsp3) is 0.364. The van der Waals surface area contributed by atoms with E-state index < -0.39 is 36.0 Å². The highest BCUT2D eigenvalue weighted by molar-refractivity contribution is 5.60. The van der Waals surface area contributed by atoms with Gasteiger partial charge in [-0.2, -0.15) is 18.4 Å². The Balaban J connectivity index is 3.16. The van der Waals surface area contributed by atoms with Gasteiger partial charge >= 0.3 is 6.18 Å². The van der Waals surface area contributed by atoms with Gasteiger partial charge in [-0.25, -0.2) is 4.39 Å². The first-order chi connectivity index (χ1) is 8.81. The lowest BCUT2D eigenvalue weighted by Crippen LogP contribution is -2.24. The Morgan fingerprint density at radius 1 is 1.37 bits per heavy atom. The van der Waals surface area contributed by atoms with Gasteiger partial charge in [0.15, 0.2) is 5.82 Å². The van der Waals surface area contributed by atoms with Crippen molar-refractivity contribution in [3.05, 3.63) is 29.1 Å². The van der Waals surface area contributed by atoms with Crippen LogP contribution in [0.25, 0.3) is 0 Å². The number of halogens is 4. The molecule has 1 rings (SSSR count). The van der Waals surface area contributed by atoms with Crippen molar-refractivity contribution in [1.82, 2.24) is 0 Å². The Morgan fingerprint density at radius 3 is 2.47 bits per heavy atom. The molecule has 0 bridgehead atoms. The molecule has 0 heterocycles. The van der Waals surface area contributed by atoms with E-state index in [1.54, 1.807) is 6.07 Å². The van der Waals surface area contributed by atoms with Crippen LogP contribution < -0.4 is 5.32 Å². The summed E-state index contributed by atoms with van der Waals surface area (Å²) in [4.78, 5) is 0. The summed E-state index contributed by atoms with van der Waals surface area (Å²) < 4.78 is 51.2. The second kappa shape index (κ2) is 5.86. The highest BCUT2D eigenvalue weighted by Gasteiger charge is 2.35. The Hall–Kier alpha value is -1.85. The van der Waals surface area contributed by atoms with Crippen LogP contribution in [0.1, 0.15) is 11.1 Å². The third kappa shape index (κ3) is 3.56. The van der Waals surface area contributed by atoms with E-state index in [9.17, 15) is 17.6 Å². The number of nitrogens with zero attached hydrogens (tertiary/aromatic N) is 1. The quantitative estimate of drug-likeness (QED) is 0.729. The zero-order valence-electron chi connectivity index (χ0n) is 9.50. The fourth-order valence-electron chi connectivity index (χ4n) is 1.35. The summed E-state index contributed by atoms with van der Waals surface area (Å²) >= 11 is 0. The summed E-state index contributed by atoms with van der Waals surface area (Å²) in [5.41, 5.74) is -2.48. The Morgan fingerprint density at radius 2 is 2.00 bits per heavy atom. The summed E-state index contributed by atoms with van der Waals surface area (Å²) in [5, 5.41) is 28.5. The number of rotatable bonds is 4. The number of hydrogen-bond acceptors (Lipinski definition) is 4. The van der Waals surface area contributed by atoms with Gasteiger partial charge in [0.1, 0.15) is 6.07 Å². The maximum Gasteiger partial charge on any atom is 0.419 e. The molecule has 0 amide bonds. The minimum absolute atomic E-state index is 0.323. The van der Waals surface area contributed by atoms with Gasteiger partial charge < -0.3 is 15.5 Å². The monoisotopic (exact) mass is 278 g/mol. The van der Waals surface area contributed by atoms with Crippen molar-refractivity contribution < 1.29 is 27.8 Å². The van der Waals surface area contributed by atoms with Crippen LogP contribution in [0.2, 0.25) is 0 Å². The van der Waals surface area contributed by atoms with Crippen molar-refractivity contribution in [1.29, 1.82) is 5.26 Å². The molecule has 1 unspecified atom stereocenters. The molecule has 0 aromatic heterocycles. The number of aliphatic hydroxyl groups is 2. The molecule has 3 N–H and O–H groups in total. The first-order valence-corrected chi connectivity index (χ1v) is 5.13. The maximum atomic E-state index is 13.7. The van der Waals surface area contributed by atoms with E-state index in [0.717, 1.165) is 6.07 Å². The molecule has 19 heavy (non-hydrogen) atoms. The predicted molar refractivity (Wildman–Crippen MR) is 57.7 cm³/mol. The molecular weight excluding hydrogens is 268 g/mol. The predicted octanol–water partition coefficient (Wildman–Crippen LogP) is 1.48. The van der Waals surface area contributed by atoms with Crippen molar-refractivity contribution in [3.63, 3.8) is 0 Å².